The van der Waals surface area contributed by atoms with E-state index in [4.69, 9.17) is 0 Å². The van der Waals surface area contributed by atoms with Gasteiger partial charge in [-0.1, -0.05) is 24.3 Å². The molecular formula is C15H15N5O. The van der Waals surface area contributed by atoms with Crippen LogP contribution in [0, 0.1) is 0 Å². The van der Waals surface area contributed by atoms with Crippen molar-refractivity contribution >= 4 is 5.91 Å². The normalized spacial score (nSPS) is 10.5. The Morgan fingerprint density at radius 3 is 2.71 bits per heavy atom. The standard InChI is InChI=1S/C15H15N5O/c21-15(11-20-9-1-7-18-20)16-10-12-2-4-13(5-3-12)14-6-8-17-19-14/h1-9H,10-11H2,(H,16,21)(H,17,19). The molecule has 2 N–H and O–H groups in total. The number of hydrogen-bond donors (Lipinski definition) is 2. The number of carbonyl (C=O) groups is 1. The molecule has 0 saturated heterocycles. The third-order valence-electron chi connectivity index (χ3n) is 3.12. The fourth-order valence-corrected chi connectivity index (χ4v) is 2.02. The van der Waals surface area contributed by atoms with Gasteiger partial charge in [0.2, 0.25) is 5.91 Å². The molecule has 3 rings (SSSR count). The molecule has 106 valence electrons. The number of amides is 1. The first-order chi connectivity index (χ1) is 10.3. The smallest absolute Gasteiger partial charge is 0.241 e. The highest BCUT2D eigenvalue weighted by molar-refractivity contribution is 5.75. The van der Waals surface area contributed by atoms with E-state index in [1.165, 1.54) is 0 Å². The summed E-state index contributed by atoms with van der Waals surface area (Å²) in [6, 6.07) is 11.7. The second-order valence-electron chi connectivity index (χ2n) is 4.65. The fourth-order valence-electron chi connectivity index (χ4n) is 2.02. The van der Waals surface area contributed by atoms with Crippen molar-refractivity contribution in [1.82, 2.24) is 25.3 Å². The summed E-state index contributed by atoms with van der Waals surface area (Å²) in [7, 11) is 0. The molecule has 0 fully saturated rings. The highest BCUT2D eigenvalue weighted by atomic mass is 16.2. The fraction of sp³-hybridized carbons (Fsp3) is 0.133. The van der Waals surface area contributed by atoms with Gasteiger partial charge in [0, 0.05) is 25.1 Å². The molecule has 0 spiro atoms. The molecule has 1 aromatic carbocycles. The molecule has 0 aliphatic rings. The molecule has 0 unspecified atom stereocenters. The molecule has 6 heteroatoms. The number of nitrogens with one attached hydrogen (secondary N) is 2. The van der Waals surface area contributed by atoms with Crippen LogP contribution >= 0.6 is 0 Å². The quantitative estimate of drug-likeness (QED) is 0.745. The maximum Gasteiger partial charge on any atom is 0.241 e. The van der Waals surface area contributed by atoms with Crippen LogP contribution in [0.25, 0.3) is 11.3 Å². The van der Waals surface area contributed by atoms with Crippen LogP contribution in [-0.4, -0.2) is 25.9 Å². The Kier molecular flexibility index (Phi) is 3.77. The van der Waals surface area contributed by atoms with E-state index in [0.29, 0.717) is 6.54 Å². The number of rotatable bonds is 5. The maximum absolute atomic E-state index is 11.8. The lowest BCUT2D eigenvalue weighted by Gasteiger charge is -2.06. The van der Waals surface area contributed by atoms with Gasteiger partial charge in [0.1, 0.15) is 6.54 Å². The lowest BCUT2D eigenvalue weighted by atomic mass is 10.1. The molecule has 2 aromatic heterocycles. The van der Waals surface area contributed by atoms with Crippen molar-refractivity contribution in [1.29, 1.82) is 0 Å². The number of hydrogen-bond acceptors (Lipinski definition) is 3. The molecule has 1 amide bonds. The van der Waals surface area contributed by atoms with E-state index in [1.54, 1.807) is 29.3 Å². The zero-order valence-electron chi connectivity index (χ0n) is 11.4. The molecule has 21 heavy (non-hydrogen) atoms. The summed E-state index contributed by atoms with van der Waals surface area (Å²) >= 11 is 0. The molecule has 0 saturated carbocycles. The van der Waals surface area contributed by atoms with Gasteiger partial charge in [-0.2, -0.15) is 10.2 Å². The van der Waals surface area contributed by atoms with Crippen molar-refractivity contribution in [2.45, 2.75) is 13.1 Å². The first kappa shape index (κ1) is 13.1. The van der Waals surface area contributed by atoms with Crippen LogP contribution in [0.1, 0.15) is 5.56 Å². The van der Waals surface area contributed by atoms with Gasteiger partial charge in [-0.15, -0.1) is 0 Å². The Morgan fingerprint density at radius 2 is 2.05 bits per heavy atom. The topological polar surface area (TPSA) is 75.6 Å². The number of aromatic nitrogens is 4. The second-order valence-corrected chi connectivity index (χ2v) is 4.65. The van der Waals surface area contributed by atoms with E-state index < -0.39 is 0 Å². The van der Waals surface area contributed by atoms with Crippen LogP contribution in [-0.2, 0) is 17.9 Å². The van der Waals surface area contributed by atoms with Crippen molar-refractivity contribution in [3.8, 4) is 11.3 Å². The first-order valence-corrected chi connectivity index (χ1v) is 6.64. The molecule has 0 aliphatic carbocycles. The second kappa shape index (κ2) is 6.04. The Morgan fingerprint density at radius 1 is 1.19 bits per heavy atom. The number of aromatic amines is 1. The highest BCUT2D eigenvalue weighted by Crippen LogP contribution is 2.16. The largest absolute Gasteiger partial charge is 0.350 e. The summed E-state index contributed by atoms with van der Waals surface area (Å²) in [4.78, 5) is 11.8. The average molecular weight is 281 g/mol. The van der Waals surface area contributed by atoms with Crippen molar-refractivity contribution in [3.05, 3.63) is 60.6 Å². The molecule has 6 nitrogen and oxygen atoms in total. The summed E-state index contributed by atoms with van der Waals surface area (Å²) < 4.78 is 1.59. The Bertz CT molecular complexity index is 686. The third kappa shape index (κ3) is 3.36. The minimum Gasteiger partial charge on any atom is -0.350 e. The van der Waals surface area contributed by atoms with Crippen LogP contribution in [0.3, 0.4) is 0 Å². The lowest BCUT2D eigenvalue weighted by Crippen LogP contribution is -2.27. The number of benzene rings is 1. The van der Waals surface area contributed by atoms with Crippen molar-refractivity contribution < 1.29 is 4.79 Å². The van der Waals surface area contributed by atoms with Gasteiger partial charge in [-0.05, 0) is 23.3 Å². The summed E-state index contributed by atoms with van der Waals surface area (Å²) in [6.07, 6.45) is 5.14. The minimum absolute atomic E-state index is 0.0589. The number of H-pyrrole nitrogens is 1. The van der Waals surface area contributed by atoms with Gasteiger partial charge in [0.25, 0.3) is 0 Å². The zero-order chi connectivity index (χ0) is 14.5. The summed E-state index contributed by atoms with van der Waals surface area (Å²) in [6.45, 7) is 0.739. The molecule has 0 bridgehead atoms. The van der Waals surface area contributed by atoms with Crippen LogP contribution in [0.4, 0.5) is 0 Å². The van der Waals surface area contributed by atoms with Crippen LogP contribution in [0.5, 0.6) is 0 Å². The van der Waals surface area contributed by atoms with E-state index in [9.17, 15) is 4.79 Å². The molecule has 0 aliphatic heterocycles. The predicted octanol–water partition coefficient (Wildman–Crippen LogP) is 1.59. The van der Waals surface area contributed by atoms with Gasteiger partial charge >= 0.3 is 0 Å². The number of carbonyl (C=O) groups excluding carboxylic acids is 1. The monoisotopic (exact) mass is 281 g/mol. The van der Waals surface area contributed by atoms with Crippen molar-refractivity contribution in [2.75, 3.05) is 0 Å². The SMILES string of the molecule is O=C(Cn1cccn1)NCc1ccc(-c2ccn[nH]2)cc1. The molecule has 3 aromatic rings. The molecule has 0 radical (unpaired) electrons. The predicted molar refractivity (Wildman–Crippen MR) is 78.1 cm³/mol. The summed E-state index contributed by atoms with van der Waals surface area (Å²) in [5.74, 6) is -0.0589. The van der Waals surface area contributed by atoms with Gasteiger partial charge in [0.15, 0.2) is 0 Å². The molecular weight excluding hydrogens is 266 g/mol. The molecule has 2 heterocycles. The van der Waals surface area contributed by atoms with Crippen LogP contribution in [0.15, 0.2) is 55.0 Å². The Balaban J connectivity index is 1.55. The van der Waals surface area contributed by atoms with Crippen molar-refractivity contribution in [3.63, 3.8) is 0 Å². The first-order valence-electron chi connectivity index (χ1n) is 6.64. The van der Waals surface area contributed by atoms with Gasteiger partial charge in [-0.25, -0.2) is 0 Å². The number of nitrogens with zero attached hydrogens (tertiary/aromatic N) is 3. The Hall–Kier alpha value is -2.89. The summed E-state index contributed by atoms with van der Waals surface area (Å²) in [5.41, 5.74) is 3.09. The van der Waals surface area contributed by atoms with Gasteiger partial charge in [-0.3, -0.25) is 14.6 Å². The van der Waals surface area contributed by atoms with E-state index in [-0.39, 0.29) is 12.5 Å². The summed E-state index contributed by atoms with van der Waals surface area (Å²) in [5, 5.41) is 13.7. The maximum atomic E-state index is 11.8. The minimum atomic E-state index is -0.0589. The third-order valence-corrected chi connectivity index (χ3v) is 3.12. The van der Waals surface area contributed by atoms with Crippen LogP contribution in [0.2, 0.25) is 0 Å². The Labute approximate surface area is 121 Å². The van der Waals surface area contributed by atoms with Gasteiger partial charge < -0.3 is 5.32 Å². The molecule has 0 atom stereocenters. The average Bonchev–Trinajstić information content (AvgIpc) is 3.19. The van der Waals surface area contributed by atoms with E-state index >= 15 is 0 Å². The van der Waals surface area contributed by atoms with E-state index in [0.717, 1.165) is 16.8 Å². The van der Waals surface area contributed by atoms with E-state index in [1.807, 2.05) is 30.3 Å². The zero-order valence-corrected chi connectivity index (χ0v) is 11.4. The van der Waals surface area contributed by atoms with Crippen molar-refractivity contribution in [2.24, 2.45) is 0 Å². The van der Waals surface area contributed by atoms with Crippen LogP contribution < -0.4 is 5.32 Å². The van der Waals surface area contributed by atoms with E-state index in [2.05, 4.69) is 20.6 Å². The highest BCUT2D eigenvalue weighted by Gasteiger charge is 2.03. The lowest BCUT2D eigenvalue weighted by molar-refractivity contribution is -0.122. The van der Waals surface area contributed by atoms with Gasteiger partial charge in [0.05, 0.1) is 5.69 Å².